The zero-order valence-corrected chi connectivity index (χ0v) is 11.3. The normalized spacial score (nSPS) is 9.95. The summed E-state index contributed by atoms with van der Waals surface area (Å²) in [6.07, 6.45) is 0.315. The molecular formula is C13H17FN2O4. The third kappa shape index (κ3) is 4.75. The minimum absolute atomic E-state index is 0.0174. The molecule has 0 radical (unpaired) electrons. The van der Waals surface area contributed by atoms with E-state index in [9.17, 15) is 14.0 Å². The lowest BCUT2D eigenvalue weighted by molar-refractivity contribution is -0.137. The highest BCUT2D eigenvalue weighted by molar-refractivity contribution is 5.90. The number of halogens is 1. The predicted molar refractivity (Wildman–Crippen MR) is 71.6 cm³/mol. The van der Waals surface area contributed by atoms with Gasteiger partial charge in [0.15, 0.2) is 11.6 Å². The number of carboxylic acids is 1. The monoisotopic (exact) mass is 284 g/mol. The van der Waals surface area contributed by atoms with E-state index in [2.05, 4.69) is 10.6 Å². The van der Waals surface area contributed by atoms with Crippen molar-refractivity contribution in [1.29, 1.82) is 0 Å². The summed E-state index contributed by atoms with van der Waals surface area (Å²) >= 11 is 0. The van der Waals surface area contributed by atoms with Gasteiger partial charge in [0.25, 0.3) is 0 Å². The number of amides is 2. The zero-order chi connectivity index (χ0) is 15.1. The second kappa shape index (κ2) is 7.32. The molecule has 3 N–H and O–H groups in total. The smallest absolute Gasteiger partial charge is 0.319 e. The number of aryl methyl sites for hydroxylation is 1. The third-order valence-corrected chi connectivity index (χ3v) is 2.60. The van der Waals surface area contributed by atoms with E-state index in [0.717, 1.165) is 0 Å². The first-order chi connectivity index (χ1) is 9.43. The maximum Gasteiger partial charge on any atom is 0.319 e. The summed E-state index contributed by atoms with van der Waals surface area (Å²) in [5, 5.41) is 13.4. The fourth-order valence-corrected chi connectivity index (χ4v) is 1.55. The molecule has 7 heteroatoms. The van der Waals surface area contributed by atoms with Crippen molar-refractivity contribution in [1.82, 2.24) is 5.32 Å². The van der Waals surface area contributed by atoms with Gasteiger partial charge in [-0.3, -0.25) is 4.79 Å². The lowest BCUT2D eigenvalue weighted by Gasteiger charge is -2.11. The molecule has 110 valence electrons. The summed E-state index contributed by atoms with van der Waals surface area (Å²) in [6.45, 7) is 1.94. The van der Waals surface area contributed by atoms with Gasteiger partial charge in [-0.25, -0.2) is 9.18 Å². The van der Waals surface area contributed by atoms with E-state index in [1.54, 1.807) is 6.92 Å². The van der Waals surface area contributed by atoms with Crippen molar-refractivity contribution in [3.05, 3.63) is 23.5 Å². The number of anilines is 1. The van der Waals surface area contributed by atoms with Crippen LogP contribution < -0.4 is 15.4 Å². The molecule has 6 nitrogen and oxygen atoms in total. The molecule has 0 fully saturated rings. The SMILES string of the molecule is COc1cc(C)c(NC(=O)NCCCC(=O)O)cc1F. The van der Waals surface area contributed by atoms with Crippen LogP contribution in [0.2, 0.25) is 0 Å². The second-order valence-corrected chi connectivity index (χ2v) is 4.18. The Morgan fingerprint density at radius 3 is 2.70 bits per heavy atom. The van der Waals surface area contributed by atoms with Crippen molar-refractivity contribution in [2.45, 2.75) is 19.8 Å². The van der Waals surface area contributed by atoms with Gasteiger partial charge < -0.3 is 20.5 Å². The van der Waals surface area contributed by atoms with E-state index in [1.807, 2.05) is 0 Å². The molecule has 2 amide bonds. The van der Waals surface area contributed by atoms with Crippen LogP contribution in [-0.4, -0.2) is 30.8 Å². The van der Waals surface area contributed by atoms with E-state index in [0.29, 0.717) is 17.7 Å². The Kier molecular flexibility index (Phi) is 5.76. The number of rotatable bonds is 6. The number of hydrogen-bond donors (Lipinski definition) is 3. The summed E-state index contributed by atoms with van der Waals surface area (Å²) < 4.78 is 18.3. The van der Waals surface area contributed by atoms with Crippen molar-refractivity contribution in [3.8, 4) is 5.75 Å². The van der Waals surface area contributed by atoms with Gasteiger partial charge in [-0.15, -0.1) is 0 Å². The molecule has 0 atom stereocenters. The lowest BCUT2D eigenvalue weighted by atomic mass is 10.2. The first kappa shape index (κ1) is 15.7. The van der Waals surface area contributed by atoms with E-state index < -0.39 is 17.8 Å². The van der Waals surface area contributed by atoms with Gasteiger partial charge in [0, 0.05) is 24.7 Å². The molecule has 1 aromatic carbocycles. The Morgan fingerprint density at radius 1 is 1.40 bits per heavy atom. The molecule has 1 rings (SSSR count). The maximum absolute atomic E-state index is 13.5. The second-order valence-electron chi connectivity index (χ2n) is 4.18. The Morgan fingerprint density at radius 2 is 2.10 bits per heavy atom. The molecule has 0 saturated carbocycles. The molecule has 0 saturated heterocycles. The number of benzene rings is 1. The summed E-state index contributed by atoms with van der Waals surface area (Å²) in [5.74, 6) is -1.38. The van der Waals surface area contributed by atoms with Crippen LogP contribution in [0.25, 0.3) is 0 Å². The third-order valence-electron chi connectivity index (χ3n) is 2.60. The molecule has 0 bridgehead atoms. The standard InChI is InChI=1S/C13H17FN2O4/c1-8-6-11(20-2)9(14)7-10(8)16-13(19)15-5-3-4-12(17)18/h6-7H,3-5H2,1-2H3,(H,17,18)(H2,15,16,19). The molecule has 0 heterocycles. The number of carboxylic acid groups (broad SMARTS) is 1. The lowest BCUT2D eigenvalue weighted by Crippen LogP contribution is -2.30. The van der Waals surface area contributed by atoms with Crippen molar-refractivity contribution < 1.29 is 23.8 Å². The van der Waals surface area contributed by atoms with Gasteiger partial charge >= 0.3 is 12.0 Å². The summed E-state index contributed by atoms with van der Waals surface area (Å²) in [4.78, 5) is 21.8. The predicted octanol–water partition coefficient (Wildman–Crippen LogP) is 2.13. The van der Waals surface area contributed by atoms with Gasteiger partial charge in [-0.1, -0.05) is 0 Å². The number of urea groups is 1. The molecule has 0 unspecified atom stereocenters. The van der Waals surface area contributed by atoms with Crippen LogP contribution in [0.3, 0.4) is 0 Å². The first-order valence-electron chi connectivity index (χ1n) is 6.05. The van der Waals surface area contributed by atoms with Crippen molar-refractivity contribution >= 4 is 17.7 Å². The van der Waals surface area contributed by atoms with E-state index in [-0.39, 0.29) is 18.7 Å². The number of hydrogen-bond acceptors (Lipinski definition) is 3. The van der Waals surface area contributed by atoms with Crippen LogP contribution in [0.1, 0.15) is 18.4 Å². The number of aliphatic carboxylic acids is 1. The fourth-order valence-electron chi connectivity index (χ4n) is 1.55. The molecule has 0 aromatic heterocycles. The molecule has 0 aliphatic heterocycles. The minimum Gasteiger partial charge on any atom is -0.494 e. The Labute approximate surface area is 115 Å². The average molecular weight is 284 g/mol. The van der Waals surface area contributed by atoms with Crippen molar-refractivity contribution in [3.63, 3.8) is 0 Å². The van der Waals surface area contributed by atoms with E-state index >= 15 is 0 Å². The van der Waals surface area contributed by atoms with Gasteiger partial charge in [0.05, 0.1) is 7.11 Å². The summed E-state index contributed by atoms with van der Waals surface area (Å²) in [6, 6.07) is 2.14. The molecule has 0 spiro atoms. The topological polar surface area (TPSA) is 87.7 Å². The van der Waals surface area contributed by atoms with Crippen LogP contribution >= 0.6 is 0 Å². The van der Waals surface area contributed by atoms with Crippen LogP contribution in [-0.2, 0) is 4.79 Å². The molecule has 20 heavy (non-hydrogen) atoms. The highest BCUT2D eigenvalue weighted by Crippen LogP contribution is 2.25. The van der Waals surface area contributed by atoms with Crippen LogP contribution in [0, 0.1) is 12.7 Å². The Bertz CT molecular complexity index is 505. The average Bonchev–Trinajstić information content (AvgIpc) is 2.38. The zero-order valence-electron chi connectivity index (χ0n) is 11.3. The van der Waals surface area contributed by atoms with Crippen LogP contribution in [0.5, 0.6) is 5.75 Å². The molecular weight excluding hydrogens is 267 g/mol. The maximum atomic E-state index is 13.5. The Balaban J connectivity index is 2.53. The van der Waals surface area contributed by atoms with Gasteiger partial charge in [-0.2, -0.15) is 0 Å². The molecule has 0 aliphatic carbocycles. The van der Waals surface area contributed by atoms with E-state index in [4.69, 9.17) is 9.84 Å². The van der Waals surface area contributed by atoms with Crippen molar-refractivity contribution in [2.24, 2.45) is 0 Å². The number of methoxy groups -OCH3 is 1. The fraction of sp³-hybridized carbons (Fsp3) is 0.385. The number of carbonyl (C=O) groups excluding carboxylic acids is 1. The number of carbonyl (C=O) groups is 2. The quantitative estimate of drug-likeness (QED) is 0.698. The van der Waals surface area contributed by atoms with Gasteiger partial charge in [0.2, 0.25) is 0 Å². The van der Waals surface area contributed by atoms with Crippen molar-refractivity contribution in [2.75, 3.05) is 19.0 Å². The Hall–Kier alpha value is -2.31. The molecule has 0 aliphatic rings. The van der Waals surface area contributed by atoms with Gasteiger partial charge in [0.1, 0.15) is 0 Å². The van der Waals surface area contributed by atoms with Gasteiger partial charge in [-0.05, 0) is 25.0 Å². The number of ether oxygens (including phenoxy) is 1. The summed E-state index contributed by atoms with van der Waals surface area (Å²) in [7, 11) is 1.36. The first-order valence-corrected chi connectivity index (χ1v) is 6.05. The van der Waals surface area contributed by atoms with Crippen LogP contribution in [0.4, 0.5) is 14.9 Å². The summed E-state index contributed by atoms with van der Waals surface area (Å²) in [5.41, 5.74) is 0.989. The minimum atomic E-state index is -0.916. The largest absolute Gasteiger partial charge is 0.494 e. The van der Waals surface area contributed by atoms with Crippen LogP contribution in [0.15, 0.2) is 12.1 Å². The highest BCUT2D eigenvalue weighted by atomic mass is 19.1. The molecule has 1 aromatic rings. The number of nitrogens with one attached hydrogen (secondary N) is 2. The highest BCUT2D eigenvalue weighted by Gasteiger charge is 2.10. The van der Waals surface area contributed by atoms with E-state index in [1.165, 1.54) is 19.2 Å².